The molecule has 0 aliphatic rings. The largest absolute Gasteiger partial charge is 0.377 e. The first-order valence-corrected chi connectivity index (χ1v) is 9.42. The fourth-order valence-corrected chi connectivity index (χ4v) is 3.42. The molecule has 0 heterocycles. The van der Waals surface area contributed by atoms with E-state index in [1.807, 2.05) is 88.3 Å². The Hall–Kier alpha value is -1.36. The third-order valence-corrected chi connectivity index (χ3v) is 5.49. The molecule has 2 aromatic rings. The van der Waals surface area contributed by atoms with Gasteiger partial charge in [0.15, 0.2) is 0 Å². The van der Waals surface area contributed by atoms with E-state index in [4.69, 9.17) is 11.6 Å². The normalized spacial score (nSPS) is 14.2. The molecule has 0 bridgehead atoms. The molecule has 0 saturated carbocycles. The summed E-state index contributed by atoms with van der Waals surface area (Å²) in [6.07, 6.45) is 0. The van der Waals surface area contributed by atoms with Gasteiger partial charge in [-0.2, -0.15) is 0 Å². The van der Waals surface area contributed by atoms with Gasteiger partial charge in [0.05, 0.1) is 21.8 Å². The van der Waals surface area contributed by atoms with Crippen LogP contribution in [0.25, 0.3) is 0 Å². The maximum atomic E-state index is 12.7. The van der Waals surface area contributed by atoms with Gasteiger partial charge >= 0.3 is 0 Å². The van der Waals surface area contributed by atoms with Crippen LogP contribution >= 0.6 is 11.6 Å². The van der Waals surface area contributed by atoms with E-state index in [0.717, 1.165) is 16.8 Å². The van der Waals surface area contributed by atoms with Crippen molar-refractivity contribution in [3.63, 3.8) is 0 Å². The summed E-state index contributed by atoms with van der Waals surface area (Å²) in [5.41, 5.74) is 3.11. The van der Waals surface area contributed by atoms with Crippen LogP contribution in [0.15, 0.2) is 48.5 Å². The number of hydrogen-bond acceptors (Lipinski definition) is 2. The van der Waals surface area contributed by atoms with E-state index in [1.54, 1.807) is 0 Å². The molecule has 0 radical (unpaired) electrons. The Kier molecular flexibility index (Phi) is 6.07. The van der Waals surface area contributed by atoms with Gasteiger partial charge < -0.3 is 4.90 Å². The molecule has 5 heteroatoms. The molecular formula is C19H25ClN2OS. The van der Waals surface area contributed by atoms with Crippen molar-refractivity contribution in [2.75, 3.05) is 19.0 Å². The van der Waals surface area contributed by atoms with Gasteiger partial charge in [-0.25, -0.2) is 8.93 Å². The molecular weight excluding hydrogens is 340 g/mol. The molecule has 1 unspecified atom stereocenters. The number of anilines is 1. The van der Waals surface area contributed by atoms with Crippen molar-refractivity contribution in [1.82, 2.24) is 4.72 Å². The van der Waals surface area contributed by atoms with Crippen LogP contribution in [-0.2, 0) is 11.0 Å². The first kappa shape index (κ1) is 19.0. The second-order valence-corrected chi connectivity index (χ2v) is 9.37. The molecule has 2 rings (SSSR count). The highest BCUT2D eigenvalue weighted by Gasteiger charge is 2.26. The molecule has 0 spiro atoms. The van der Waals surface area contributed by atoms with Gasteiger partial charge in [0.1, 0.15) is 0 Å². The van der Waals surface area contributed by atoms with E-state index in [1.165, 1.54) is 0 Å². The molecule has 0 fully saturated rings. The predicted molar refractivity (Wildman–Crippen MR) is 105 cm³/mol. The van der Waals surface area contributed by atoms with Crippen molar-refractivity contribution < 1.29 is 4.21 Å². The third-order valence-electron chi connectivity index (χ3n) is 3.70. The van der Waals surface area contributed by atoms with E-state index < -0.39 is 11.0 Å². The molecule has 1 N–H and O–H groups in total. The summed E-state index contributed by atoms with van der Waals surface area (Å²) in [7, 11) is 2.78. The van der Waals surface area contributed by atoms with Crippen LogP contribution < -0.4 is 9.62 Å². The Balaban J connectivity index is 2.55. The van der Waals surface area contributed by atoms with Crippen molar-refractivity contribution in [1.29, 1.82) is 0 Å². The minimum Gasteiger partial charge on any atom is -0.377 e. The lowest BCUT2D eigenvalue weighted by Crippen LogP contribution is -2.36. The van der Waals surface area contributed by atoms with Gasteiger partial charge in [-0.3, -0.25) is 0 Å². The quantitative estimate of drug-likeness (QED) is 0.844. The summed E-state index contributed by atoms with van der Waals surface area (Å²) in [6, 6.07) is 15.7. The molecule has 2 aromatic carbocycles. The maximum Gasteiger partial charge on any atom is 0.0979 e. The van der Waals surface area contributed by atoms with Crippen molar-refractivity contribution >= 4 is 28.3 Å². The van der Waals surface area contributed by atoms with E-state index in [0.29, 0.717) is 5.02 Å². The van der Waals surface area contributed by atoms with Crippen LogP contribution in [0.3, 0.4) is 0 Å². The van der Waals surface area contributed by atoms with E-state index in [2.05, 4.69) is 4.72 Å². The maximum absolute atomic E-state index is 12.7. The van der Waals surface area contributed by atoms with Crippen molar-refractivity contribution in [2.24, 2.45) is 0 Å². The topological polar surface area (TPSA) is 32.3 Å². The van der Waals surface area contributed by atoms with E-state index in [-0.39, 0.29) is 10.8 Å². The van der Waals surface area contributed by atoms with Gasteiger partial charge in [0, 0.05) is 24.8 Å². The predicted octanol–water partition coefficient (Wildman–Crippen LogP) is 4.55. The summed E-state index contributed by atoms with van der Waals surface area (Å²) in [4.78, 5) is 2.04. The van der Waals surface area contributed by atoms with Crippen LogP contribution in [0.4, 0.5) is 5.69 Å². The van der Waals surface area contributed by atoms with Gasteiger partial charge in [0.25, 0.3) is 0 Å². The SMILES string of the molecule is CN(C)c1ccc(Cl)cc1[C@@H](NS(=O)C(C)(C)C)c1ccccc1. The van der Waals surface area contributed by atoms with Crippen molar-refractivity contribution in [2.45, 2.75) is 31.6 Å². The van der Waals surface area contributed by atoms with E-state index in [9.17, 15) is 4.21 Å². The monoisotopic (exact) mass is 364 g/mol. The molecule has 130 valence electrons. The Morgan fingerprint density at radius 1 is 1.08 bits per heavy atom. The lowest BCUT2D eigenvalue weighted by molar-refractivity contribution is 0.623. The second kappa shape index (κ2) is 7.68. The zero-order valence-corrected chi connectivity index (χ0v) is 16.4. The summed E-state index contributed by atoms with van der Waals surface area (Å²) in [5, 5.41) is 0.667. The molecule has 0 amide bonds. The fraction of sp³-hybridized carbons (Fsp3) is 0.368. The van der Waals surface area contributed by atoms with Crippen LogP contribution in [0.5, 0.6) is 0 Å². The third kappa shape index (κ3) is 4.59. The summed E-state index contributed by atoms with van der Waals surface area (Å²) >= 11 is 6.26. The Morgan fingerprint density at radius 2 is 1.71 bits per heavy atom. The van der Waals surface area contributed by atoms with E-state index >= 15 is 0 Å². The number of halogens is 1. The fourth-order valence-electron chi connectivity index (χ4n) is 2.40. The summed E-state index contributed by atoms with van der Waals surface area (Å²) in [6.45, 7) is 5.88. The van der Waals surface area contributed by atoms with Crippen LogP contribution in [0, 0.1) is 0 Å². The van der Waals surface area contributed by atoms with Crippen molar-refractivity contribution in [3.8, 4) is 0 Å². The van der Waals surface area contributed by atoms with Crippen LogP contribution in [0.2, 0.25) is 5.02 Å². The highest BCUT2D eigenvalue weighted by molar-refractivity contribution is 7.84. The number of nitrogens with zero attached hydrogens (tertiary/aromatic N) is 1. The molecule has 0 aliphatic carbocycles. The average Bonchev–Trinajstić information content (AvgIpc) is 2.51. The zero-order chi connectivity index (χ0) is 17.9. The molecule has 24 heavy (non-hydrogen) atoms. The number of benzene rings is 2. The second-order valence-electron chi connectivity index (χ2n) is 6.94. The first-order valence-electron chi connectivity index (χ1n) is 7.90. The number of hydrogen-bond donors (Lipinski definition) is 1. The van der Waals surface area contributed by atoms with Crippen LogP contribution in [0.1, 0.15) is 37.9 Å². The molecule has 0 aromatic heterocycles. The molecule has 3 nitrogen and oxygen atoms in total. The van der Waals surface area contributed by atoms with Gasteiger partial charge in [-0.15, -0.1) is 0 Å². The van der Waals surface area contributed by atoms with Gasteiger partial charge in [-0.05, 0) is 50.1 Å². The minimum absolute atomic E-state index is 0.206. The average molecular weight is 365 g/mol. The first-order chi connectivity index (χ1) is 11.2. The lowest BCUT2D eigenvalue weighted by Gasteiger charge is -2.28. The highest BCUT2D eigenvalue weighted by Crippen LogP contribution is 2.33. The minimum atomic E-state index is -1.21. The van der Waals surface area contributed by atoms with Gasteiger partial charge in [-0.1, -0.05) is 41.9 Å². The Morgan fingerprint density at radius 3 is 2.25 bits per heavy atom. The number of nitrogens with one attached hydrogen (secondary N) is 1. The molecule has 0 aliphatic heterocycles. The Labute approximate surface area is 152 Å². The summed E-state index contributed by atoms with van der Waals surface area (Å²) in [5.74, 6) is 0. The molecule has 0 saturated heterocycles. The summed E-state index contributed by atoms with van der Waals surface area (Å²) < 4.78 is 15.7. The molecule has 2 atom stereocenters. The highest BCUT2D eigenvalue weighted by atomic mass is 35.5. The smallest absolute Gasteiger partial charge is 0.0979 e. The lowest BCUT2D eigenvalue weighted by atomic mass is 9.97. The van der Waals surface area contributed by atoms with Gasteiger partial charge in [0.2, 0.25) is 0 Å². The zero-order valence-electron chi connectivity index (χ0n) is 14.8. The Bertz CT molecular complexity index is 711. The van der Waals surface area contributed by atoms with Crippen molar-refractivity contribution in [3.05, 3.63) is 64.7 Å². The number of rotatable bonds is 5. The van der Waals surface area contributed by atoms with Crippen LogP contribution in [-0.4, -0.2) is 23.1 Å². The standard InChI is InChI=1S/C19H25ClN2OS/c1-19(2,3)24(23)21-18(14-9-7-6-8-10-14)16-13-15(20)11-12-17(16)22(4)5/h6-13,18,21H,1-5H3/t18-,24?/m0/s1.